The van der Waals surface area contributed by atoms with Gasteiger partial charge >= 0.3 is 11.9 Å². The molecule has 1 atom stereocenters. The highest BCUT2D eigenvalue weighted by molar-refractivity contribution is 7.17. The fraction of sp³-hybridized carbons (Fsp3) is 0.538. The van der Waals surface area contributed by atoms with E-state index in [0.29, 0.717) is 22.3 Å². The number of nitrogens with two attached hydrogens (primary N) is 1. The molecule has 0 saturated carbocycles. The number of rotatable bonds is 5. The number of nitrogen functional groups attached to an aromatic ring is 1. The van der Waals surface area contributed by atoms with E-state index in [1.54, 1.807) is 20.8 Å². The summed E-state index contributed by atoms with van der Waals surface area (Å²) >= 11 is 6.48. The van der Waals surface area contributed by atoms with Crippen LogP contribution in [0.4, 0.5) is 5.13 Å². The number of ketones is 1. The van der Waals surface area contributed by atoms with Gasteiger partial charge in [0.1, 0.15) is 4.88 Å². The molecule has 9 heteroatoms. The van der Waals surface area contributed by atoms with Crippen molar-refractivity contribution in [3.05, 3.63) is 10.6 Å². The summed E-state index contributed by atoms with van der Waals surface area (Å²) in [6.07, 6.45) is 0. The van der Waals surface area contributed by atoms with Crippen LogP contribution in [-0.4, -0.2) is 41.3 Å². The smallest absolute Gasteiger partial charge is 0.350 e. The van der Waals surface area contributed by atoms with Crippen LogP contribution in [0, 0.1) is 6.92 Å². The minimum atomic E-state index is -1.14. The fourth-order valence-corrected chi connectivity index (χ4v) is 1.98. The molecular formula is C13H19ClN2O5S. The van der Waals surface area contributed by atoms with Crippen molar-refractivity contribution in [2.24, 2.45) is 0 Å². The van der Waals surface area contributed by atoms with Crippen molar-refractivity contribution in [1.82, 2.24) is 4.98 Å². The average molecular weight is 351 g/mol. The first-order valence-corrected chi connectivity index (χ1v) is 7.70. The lowest BCUT2D eigenvalue weighted by Gasteiger charge is -2.03. The number of alkyl halides is 1. The standard InChI is InChI=1S/C7H10N2O2S.C6H9ClO3/c1-3-11-6(10)5-4(2)9-7(8)12-5;1-3-10-6(9)5(7)4(2)8/h3H2,1-2H3,(H2,8,9);5H,3H2,1-2H3. The van der Waals surface area contributed by atoms with E-state index >= 15 is 0 Å². The Balaban J connectivity index is 0.000000409. The van der Waals surface area contributed by atoms with Gasteiger partial charge in [-0.2, -0.15) is 0 Å². The normalized spacial score (nSPS) is 11.0. The number of carbonyl (C=O) groups is 3. The van der Waals surface area contributed by atoms with Gasteiger partial charge in [-0.25, -0.2) is 14.6 Å². The highest BCUT2D eigenvalue weighted by atomic mass is 35.5. The molecule has 1 aromatic rings. The van der Waals surface area contributed by atoms with Crippen LogP contribution < -0.4 is 5.73 Å². The Kier molecular flexibility index (Phi) is 9.35. The van der Waals surface area contributed by atoms with Crippen LogP contribution in [-0.2, 0) is 19.1 Å². The Hall–Kier alpha value is -1.67. The van der Waals surface area contributed by atoms with Crippen LogP contribution in [0.5, 0.6) is 0 Å². The topological polar surface area (TPSA) is 109 Å². The van der Waals surface area contributed by atoms with Crippen molar-refractivity contribution in [3.8, 4) is 0 Å². The minimum Gasteiger partial charge on any atom is -0.465 e. The average Bonchev–Trinajstić information content (AvgIpc) is 2.78. The fourth-order valence-electron chi connectivity index (χ4n) is 1.18. The maximum atomic E-state index is 11.2. The number of Topliss-reactive ketones (excluding diaryl/α,β-unsaturated/α-hetero) is 1. The summed E-state index contributed by atoms with van der Waals surface area (Å²) in [5.41, 5.74) is 6.05. The van der Waals surface area contributed by atoms with Gasteiger partial charge in [-0.05, 0) is 27.7 Å². The van der Waals surface area contributed by atoms with Crippen LogP contribution in [0.15, 0.2) is 0 Å². The van der Waals surface area contributed by atoms with Crippen LogP contribution in [0.3, 0.4) is 0 Å². The Morgan fingerprint density at radius 2 is 1.82 bits per heavy atom. The monoisotopic (exact) mass is 350 g/mol. The minimum absolute atomic E-state index is 0.245. The van der Waals surface area contributed by atoms with Crippen molar-refractivity contribution in [3.63, 3.8) is 0 Å². The predicted octanol–water partition coefficient (Wildman–Crippen LogP) is 1.96. The number of hydrogen-bond donors (Lipinski definition) is 1. The summed E-state index contributed by atoms with van der Waals surface area (Å²) in [6, 6.07) is 0. The number of carbonyl (C=O) groups excluding carboxylic acids is 3. The van der Waals surface area contributed by atoms with Gasteiger partial charge in [0.25, 0.3) is 0 Å². The summed E-state index contributed by atoms with van der Waals surface area (Å²) in [7, 11) is 0. The molecule has 124 valence electrons. The van der Waals surface area contributed by atoms with Gasteiger partial charge in [-0.3, -0.25) is 4.79 Å². The van der Waals surface area contributed by atoms with Crippen molar-refractivity contribution in [2.75, 3.05) is 18.9 Å². The predicted molar refractivity (Wildman–Crippen MR) is 84.2 cm³/mol. The lowest BCUT2D eigenvalue weighted by Crippen LogP contribution is -2.24. The molecule has 1 heterocycles. The molecule has 0 aliphatic carbocycles. The molecule has 0 amide bonds. The first-order valence-electron chi connectivity index (χ1n) is 6.45. The molecule has 0 aromatic carbocycles. The largest absolute Gasteiger partial charge is 0.465 e. The molecule has 2 N–H and O–H groups in total. The number of anilines is 1. The van der Waals surface area contributed by atoms with Crippen molar-refractivity contribution in [2.45, 2.75) is 33.1 Å². The summed E-state index contributed by atoms with van der Waals surface area (Å²) in [4.78, 5) is 36.6. The molecule has 0 aliphatic heterocycles. The zero-order chi connectivity index (χ0) is 17.3. The second-order valence-electron chi connectivity index (χ2n) is 3.91. The number of ether oxygens (including phenoxy) is 2. The molecule has 0 aliphatic rings. The van der Waals surface area contributed by atoms with E-state index in [1.165, 1.54) is 6.92 Å². The number of thiazole rings is 1. The molecule has 0 fully saturated rings. The maximum absolute atomic E-state index is 11.2. The molecule has 1 rings (SSSR count). The molecule has 0 bridgehead atoms. The zero-order valence-corrected chi connectivity index (χ0v) is 14.4. The first-order chi connectivity index (χ1) is 10.2. The van der Waals surface area contributed by atoms with Crippen molar-refractivity contribution in [1.29, 1.82) is 0 Å². The lowest BCUT2D eigenvalue weighted by molar-refractivity contribution is -0.144. The van der Waals surface area contributed by atoms with E-state index in [2.05, 4.69) is 9.72 Å². The third-order valence-corrected chi connectivity index (χ3v) is 3.58. The first kappa shape index (κ1) is 20.3. The summed E-state index contributed by atoms with van der Waals surface area (Å²) in [5, 5.41) is -0.740. The second kappa shape index (κ2) is 10.1. The number of hydrogen-bond acceptors (Lipinski definition) is 8. The second-order valence-corrected chi connectivity index (χ2v) is 5.38. The van der Waals surface area contributed by atoms with Crippen molar-refractivity contribution >= 4 is 45.8 Å². The Bertz CT molecular complexity index is 533. The molecule has 0 saturated heterocycles. The van der Waals surface area contributed by atoms with E-state index in [-0.39, 0.29) is 18.4 Å². The highest BCUT2D eigenvalue weighted by Gasteiger charge is 2.20. The summed E-state index contributed by atoms with van der Waals surface area (Å²) in [5.74, 6) is -1.40. The van der Waals surface area contributed by atoms with Gasteiger partial charge in [0, 0.05) is 0 Å². The van der Waals surface area contributed by atoms with E-state index in [0.717, 1.165) is 11.3 Å². The number of aryl methyl sites for hydroxylation is 1. The van der Waals surface area contributed by atoms with Gasteiger partial charge in [0.2, 0.25) is 0 Å². The maximum Gasteiger partial charge on any atom is 0.350 e. The van der Waals surface area contributed by atoms with Gasteiger partial charge in [-0.1, -0.05) is 11.3 Å². The SMILES string of the molecule is CCOC(=O)C(Cl)C(C)=O.CCOC(=O)c1sc(N)nc1C. The van der Waals surface area contributed by atoms with Crippen LogP contribution in [0.1, 0.15) is 36.1 Å². The molecule has 1 unspecified atom stereocenters. The van der Waals surface area contributed by atoms with E-state index in [9.17, 15) is 14.4 Å². The Morgan fingerprint density at radius 3 is 2.18 bits per heavy atom. The Morgan fingerprint density at radius 1 is 1.27 bits per heavy atom. The van der Waals surface area contributed by atoms with Gasteiger partial charge < -0.3 is 15.2 Å². The van der Waals surface area contributed by atoms with Gasteiger partial charge in [-0.15, -0.1) is 11.6 Å². The van der Waals surface area contributed by atoms with E-state index in [1.807, 2.05) is 0 Å². The molecule has 7 nitrogen and oxygen atoms in total. The molecule has 1 aromatic heterocycles. The Labute approximate surface area is 137 Å². The van der Waals surface area contributed by atoms with Crippen LogP contribution in [0.2, 0.25) is 0 Å². The quantitative estimate of drug-likeness (QED) is 0.491. The summed E-state index contributed by atoms with van der Waals surface area (Å²) < 4.78 is 9.27. The molecule has 0 radical (unpaired) electrons. The zero-order valence-electron chi connectivity index (χ0n) is 12.8. The summed E-state index contributed by atoms with van der Waals surface area (Å²) in [6.45, 7) is 7.01. The molecule has 0 spiro atoms. The molecule has 22 heavy (non-hydrogen) atoms. The number of halogens is 1. The van der Waals surface area contributed by atoms with E-state index < -0.39 is 11.3 Å². The van der Waals surface area contributed by atoms with E-state index in [4.69, 9.17) is 22.1 Å². The number of nitrogens with zero attached hydrogens (tertiary/aromatic N) is 1. The lowest BCUT2D eigenvalue weighted by atomic mass is 10.3. The number of esters is 2. The third-order valence-electron chi connectivity index (χ3n) is 2.12. The van der Waals surface area contributed by atoms with Crippen LogP contribution in [0.25, 0.3) is 0 Å². The highest BCUT2D eigenvalue weighted by Crippen LogP contribution is 2.20. The van der Waals surface area contributed by atoms with Crippen molar-refractivity contribution < 1.29 is 23.9 Å². The third kappa shape index (κ3) is 6.86. The number of aromatic nitrogens is 1. The van der Waals surface area contributed by atoms with Gasteiger partial charge in [0.05, 0.1) is 18.9 Å². The molecular weight excluding hydrogens is 332 g/mol. The van der Waals surface area contributed by atoms with Gasteiger partial charge in [0.15, 0.2) is 16.3 Å². The van der Waals surface area contributed by atoms with Crippen LogP contribution >= 0.6 is 22.9 Å².